The Labute approximate surface area is 162 Å². The molecule has 0 saturated heterocycles. The average Bonchev–Trinajstić information content (AvgIpc) is 2.86. The molecule has 0 aromatic carbocycles. The second-order valence-electron chi connectivity index (χ2n) is 10.7. The van der Waals surface area contributed by atoms with Crippen LogP contribution < -0.4 is 0 Å². The Balaban J connectivity index is 1.49. The zero-order valence-corrected chi connectivity index (χ0v) is 17.0. The van der Waals surface area contributed by atoms with Crippen LogP contribution in [0.25, 0.3) is 0 Å². The largest absolute Gasteiger partial charge is 0.473 e. The zero-order valence-electron chi connectivity index (χ0n) is 17.0. The van der Waals surface area contributed by atoms with E-state index < -0.39 is 11.9 Å². The molecule has 4 fully saturated rings. The van der Waals surface area contributed by atoms with Crippen LogP contribution in [0.3, 0.4) is 0 Å². The van der Waals surface area contributed by atoms with Crippen molar-refractivity contribution in [1.29, 1.82) is 0 Å². The molecule has 0 aliphatic heterocycles. The number of aliphatic carboxylic acids is 1. The van der Waals surface area contributed by atoms with Gasteiger partial charge >= 0.3 is 11.9 Å². The molecular weight excluding hydrogens is 340 g/mol. The molecule has 4 heteroatoms. The van der Waals surface area contributed by atoms with E-state index in [1.165, 1.54) is 57.6 Å². The Morgan fingerprint density at radius 1 is 1.04 bits per heavy atom. The highest BCUT2D eigenvalue weighted by molar-refractivity contribution is 6.28. The Morgan fingerprint density at radius 3 is 2.56 bits per heavy atom. The summed E-state index contributed by atoms with van der Waals surface area (Å²) in [6, 6.07) is 0. The molecule has 3 unspecified atom stereocenters. The number of carboxylic acid groups (broad SMARTS) is 1. The Morgan fingerprint density at radius 2 is 1.81 bits per heavy atom. The van der Waals surface area contributed by atoms with E-state index in [1.807, 2.05) is 6.08 Å². The molecule has 0 aromatic rings. The third-order valence-electron chi connectivity index (χ3n) is 9.38. The maximum absolute atomic E-state index is 11.1. The van der Waals surface area contributed by atoms with Gasteiger partial charge in [-0.25, -0.2) is 9.59 Å². The summed E-state index contributed by atoms with van der Waals surface area (Å²) in [4.78, 5) is 21.7. The van der Waals surface area contributed by atoms with Gasteiger partial charge in [0.2, 0.25) is 0 Å². The number of carboxylic acids is 1. The second kappa shape index (κ2) is 6.35. The van der Waals surface area contributed by atoms with Gasteiger partial charge in [-0.05, 0) is 104 Å². The molecule has 0 heterocycles. The molecular formula is C23H34O4. The number of rotatable bonds is 2. The fraction of sp³-hybridized carbons (Fsp3) is 0.826. The van der Waals surface area contributed by atoms with Crippen molar-refractivity contribution in [1.82, 2.24) is 0 Å². The van der Waals surface area contributed by atoms with Gasteiger partial charge in [-0.1, -0.05) is 20.8 Å². The lowest BCUT2D eigenvalue weighted by Crippen LogP contribution is -2.55. The fourth-order valence-corrected chi connectivity index (χ4v) is 8.12. The van der Waals surface area contributed by atoms with Gasteiger partial charge in [0.25, 0.3) is 0 Å². The van der Waals surface area contributed by atoms with Crippen LogP contribution in [0.4, 0.5) is 0 Å². The normalized spacial score (nSPS) is 48.7. The number of carbonyl (C=O) groups excluding carboxylic acids is 1. The van der Waals surface area contributed by atoms with Crippen LogP contribution >= 0.6 is 0 Å². The molecule has 4 saturated carbocycles. The van der Waals surface area contributed by atoms with Gasteiger partial charge in [-0.15, -0.1) is 0 Å². The van der Waals surface area contributed by atoms with E-state index >= 15 is 0 Å². The first-order chi connectivity index (χ1) is 12.7. The molecule has 27 heavy (non-hydrogen) atoms. The highest BCUT2D eigenvalue weighted by Gasteiger charge is 2.63. The van der Waals surface area contributed by atoms with Crippen molar-refractivity contribution in [3.63, 3.8) is 0 Å². The van der Waals surface area contributed by atoms with E-state index in [4.69, 9.17) is 9.84 Å². The third kappa shape index (κ3) is 2.94. The molecule has 1 spiro atoms. The molecule has 4 aliphatic rings. The topological polar surface area (TPSA) is 63.6 Å². The first-order valence-electron chi connectivity index (χ1n) is 10.8. The minimum Gasteiger partial charge on any atom is -0.473 e. The van der Waals surface area contributed by atoms with E-state index in [1.54, 1.807) is 0 Å². The van der Waals surface area contributed by atoms with Gasteiger partial charge in [0.15, 0.2) is 0 Å². The van der Waals surface area contributed by atoms with Crippen LogP contribution in [-0.2, 0) is 14.3 Å². The first kappa shape index (κ1) is 19.0. The molecule has 7 atom stereocenters. The van der Waals surface area contributed by atoms with Crippen molar-refractivity contribution < 1.29 is 19.4 Å². The van der Waals surface area contributed by atoms with Gasteiger partial charge in [0, 0.05) is 0 Å². The maximum atomic E-state index is 11.1. The van der Waals surface area contributed by atoms with Crippen LogP contribution in [0.5, 0.6) is 0 Å². The zero-order chi connectivity index (χ0) is 19.4. The van der Waals surface area contributed by atoms with Crippen molar-refractivity contribution >= 4 is 11.9 Å². The van der Waals surface area contributed by atoms with Crippen molar-refractivity contribution in [2.24, 2.45) is 39.9 Å². The number of carbonyl (C=O) groups is 2. The van der Waals surface area contributed by atoms with E-state index in [9.17, 15) is 9.59 Å². The number of fused-ring (bicyclic) bond motifs is 3. The van der Waals surface area contributed by atoms with E-state index in [-0.39, 0.29) is 0 Å². The monoisotopic (exact) mass is 374 g/mol. The lowest BCUT2D eigenvalue weighted by molar-refractivity contribution is -0.160. The van der Waals surface area contributed by atoms with E-state index in [2.05, 4.69) is 20.8 Å². The molecule has 2 bridgehead atoms. The summed E-state index contributed by atoms with van der Waals surface area (Å²) in [5, 5.41) is 8.63. The van der Waals surface area contributed by atoms with Crippen molar-refractivity contribution in [3.05, 3.63) is 12.3 Å². The van der Waals surface area contributed by atoms with Crippen LogP contribution in [0.2, 0.25) is 0 Å². The first-order valence-corrected chi connectivity index (χ1v) is 10.8. The lowest BCUT2D eigenvalue weighted by Gasteiger charge is -2.63. The number of esters is 1. The molecule has 0 aromatic heterocycles. The number of hydrogen-bond acceptors (Lipinski definition) is 3. The summed E-state index contributed by atoms with van der Waals surface area (Å²) in [7, 11) is 0. The SMILES string of the molecule is C[C@H]1C(/C=C\OC(=O)C(=O)O)CC[C@]2(C)C1CC[C@@]13CC[C@@](C)(CCC12)C3. The number of allylic oxidation sites excluding steroid dienone is 1. The fourth-order valence-electron chi connectivity index (χ4n) is 8.12. The van der Waals surface area contributed by atoms with Crippen molar-refractivity contribution in [2.75, 3.05) is 0 Å². The Hall–Kier alpha value is -1.32. The predicted molar refractivity (Wildman–Crippen MR) is 103 cm³/mol. The van der Waals surface area contributed by atoms with Crippen LogP contribution in [0, 0.1) is 39.9 Å². The van der Waals surface area contributed by atoms with Crippen LogP contribution in [-0.4, -0.2) is 17.0 Å². The summed E-state index contributed by atoms with van der Waals surface area (Å²) in [6.07, 6.45) is 15.5. The van der Waals surface area contributed by atoms with Crippen LogP contribution in [0.1, 0.15) is 78.6 Å². The lowest BCUT2D eigenvalue weighted by atomic mass is 9.42. The third-order valence-corrected chi connectivity index (χ3v) is 9.38. The summed E-state index contributed by atoms with van der Waals surface area (Å²) < 4.78 is 4.73. The second-order valence-corrected chi connectivity index (χ2v) is 10.7. The molecule has 0 radical (unpaired) electrons. The van der Waals surface area contributed by atoms with E-state index in [0.717, 1.165) is 18.3 Å². The standard InChI is InChI=1S/C23H34O4/c1-15-16(7-13-27-20(26)19(24)25)4-9-22(3)17(15)5-10-23-12-11-21(2,14-23)8-6-18(22)23/h7,13,15-18H,4-6,8-12,14H2,1-3H3,(H,24,25)/b13-7-/t15-,16?,17?,18?,21+,22+,23-/m0/s1. The van der Waals surface area contributed by atoms with Crippen molar-refractivity contribution in [2.45, 2.75) is 78.6 Å². The summed E-state index contributed by atoms with van der Waals surface area (Å²) in [5.41, 5.74) is 1.66. The summed E-state index contributed by atoms with van der Waals surface area (Å²) in [6.45, 7) is 7.45. The molecule has 1 N–H and O–H groups in total. The van der Waals surface area contributed by atoms with Crippen molar-refractivity contribution in [3.8, 4) is 0 Å². The van der Waals surface area contributed by atoms with Gasteiger partial charge in [0.05, 0.1) is 6.26 Å². The average molecular weight is 375 g/mol. The molecule has 4 aliphatic carbocycles. The minimum absolute atomic E-state index is 0.371. The van der Waals surface area contributed by atoms with Gasteiger partial charge < -0.3 is 9.84 Å². The Kier molecular flexibility index (Phi) is 4.47. The molecule has 0 amide bonds. The van der Waals surface area contributed by atoms with E-state index in [0.29, 0.717) is 28.1 Å². The predicted octanol–water partition coefficient (Wildman–Crippen LogP) is 5.18. The quantitative estimate of drug-likeness (QED) is 0.411. The molecule has 4 rings (SSSR count). The smallest absolute Gasteiger partial charge is 0.422 e. The number of ether oxygens (including phenoxy) is 1. The Bertz CT molecular complexity index is 669. The van der Waals surface area contributed by atoms with Crippen LogP contribution in [0.15, 0.2) is 12.3 Å². The van der Waals surface area contributed by atoms with Gasteiger partial charge in [-0.3, -0.25) is 0 Å². The molecule has 4 nitrogen and oxygen atoms in total. The number of hydrogen-bond donors (Lipinski definition) is 1. The van der Waals surface area contributed by atoms with Gasteiger partial charge in [0.1, 0.15) is 0 Å². The maximum Gasteiger partial charge on any atom is 0.422 e. The highest BCUT2D eigenvalue weighted by atomic mass is 16.6. The molecule has 150 valence electrons. The summed E-state index contributed by atoms with van der Waals surface area (Å²) >= 11 is 0. The minimum atomic E-state index is -1.54. The van der Waals surface area contributed by atoms with Gasteiger partial charge in [-0.2, -0.15) is 0 Å². The summed E-state index contributed by atoms with van der Waals surface area (Å²) in [5.74, 6) is -0.229. The highest BCUT2D eigenvalue weighted by Crippen LogP contribution is 2.72.